The summed E-state index contributed by atoms with van der Waals surface area (Å²) in [5.41, 5.74) is 1.45. The van der Waals surface area contributed by atoms with Crippen molar-refractivity contribution >= 4 is 0 Å². The number of aryl methyl sites for hydroxylation is 1. The van der Waals surface area contributed by atoms with E-state index in [1.807, 2.05) is 19.1 Å². The molecule has 1 aliphatic carbocycles. The summed E-state index contributed by atoms with van der Waals surface area (Å²) in [4.78, 5) is 0. The van der Waals surface area contributed by atoms with Crippen LogP contribution in [0.2, 0.25) is 0 Å². The molecule has 0 N–H and O–H groups in total. The average molecular weight is 300 g/mol. The Balaban J connectivity index is 1.69. The Hall–Kier alpha value is -1.24. The van der Waals surface area contributed by atoms with Crippen molar-refractivity contribution in [1.29, 1.82) is 0 Å². The molecule has 1 aromatic carbocycles. The minimum Gasteiger partial charge on any atom is -0.490 e. The van der Waals surface area contributed by atoms with Crippen LogP contribution in [0.25, 0.3) is 0 Å². The van der Waals surface area contributed by atoms with E-state index in [4.69, 9.17) is 4.74 Å². The average Bonchev–Trinajstić information content (AvgIpc) is 2.56. The molecule has 22 heavy (non-hydrogen) atoms. The maximum absolute atomic E-state index is 5.64. The Bertz CT molecular complexity index is 424. The van der Waals surface area contributed by atoms with Gasteiger partial charge in [-0.2, -0.15) is 0 Å². The van der Waals surface area contributed by atoms with Crippen molar-refractivity contribution in [3.8, 4) is 5.75 Å². The zero-order valence-corrected chi connectivity index (χ0v) is 14.4. The molecule has 2 rings (SSSR count). The highest BCUT2D eigenvalue weighted by molar-refractivity contribution is 5.27. The van der Waals surface area contributed by atoms with E-state index in [1.165, 1.54) is 56.9 Å². The molecular formula is C21H32O. The number of allylic oxidation sites excluding steroid dienone is 1. The number of ether oxygens (including phenoxy) is 1. The van der Waals surface area contributed by atoms with E-state index in [1.54, 1.807) is 0 Å². The Kier molecular flexibility index (Phi) is 7.56. The molecule has 0 radical (unpaired) electrons. The van der Waals surface area contributed by atoms with Gasteiger partial charge in [0.2, 0.25) is 0 Å². The van der Waals surface area contributed by atoms with Crippen LogP contribution in [0.5, 0.6) is 5.75 Å². The molecule has 0 unspecified atom stereocenters. The third-order valence-corrected chi connectivity index (χ3v) is 5.01. The molecular weight excluding hydrogens is 268 g/mol. The minimum atomic E-state index is 0.664. The van der Waals surface area contributed by atoms with Gasteiger partial charge in [-0.15, -0.1) is 0 Å². The van der Waals surface area contributed by atoms with Crippen LogP contribution in [0.15, 0.2) is 36.4 Å². The molecule has 0 heterocycles. The molecule has 1 fully saturated rings. The first kappa shape index (κ1) is 17.1. The van der Waals surface area contributed by atoms with Gasteiger partial charge in [0.1, 0.15) is 12.4 Å². The van der Waals surface area contributed by atoms with Gasteiger partial charge < -0.3 is 4.74 Å². The molecule has 1 aromatic rings. The molecule has 0 aliphatic heterocycles. The number of benzene rings is 1. The molecule has 1 aliphatic rings. The number of hydrogen-bond acceptors (Lipinski definition) is 1. The van der Waals surface area contributed by atoms with Crippen molar-refractivity contribution < 1.29 is 4.74 Å². The Morgan fingerprint density at radius 3 is 2.23 bits per heavy atom. The lowest BCUT2D eigenvalue weighted by Gasteiger charge is -2.28. The number of rotatable bonds is 8. The molecule has 1 saturated carbocycles. The van der Waals surface area contributed by atoms with E-state index >= 15 is 0 Å². The van der Waals surface area contributed by atoms with Gasteiger partial charge in [0.25, 0.3) is 0 Å². The molecule has 0 amide bonds. The molecule has 1 nitrogen and oxygen atoms in total. The van der Waals surface area contributed by atoms with Crippen molar-refractivity contribution in [1.82, 2.24) is 0 Å². The summed E-state index contributed by atoms with van der Waals surface area (Å²) < 4.78 is 5.64. The van der Waals surface area contributed by atoms with Gasteiger partial charge >= 0.3 is 0 Å². The quantitative estimate of drug-likeness (QED) is 0.521. The van der Waals surface area contributed by atoms with Crippen molar-refractivity contribution in [2.75, 3.05) is 6.61 Å². The van der Waals surface area contributed by atoms with E-state index < -0.39 is 0 Å². The maximum Gasteiger partial charge on any atom is 0.119 e. The lowest BCUT2D eigenvalue weighted by molar-refractivity contribution is 0.252. The zero-order chi connectivity index (χ0) is 15.6. The highest BCUT2D eigenvalue weighted by Crippen LogP contribution is 2.33. The van der Waals surface area contributed by atoms with E-state index in [0.717, 1.165) is 17.6 Å². The third kappa shape index (κ3) is 5.87. The van der Waals surface area contributed by atoms with Gasteiger partial charge in [-0.3, -0.25) is 0 Å². The van der Waals surface area contributed by atoms with Crippen LogP contribution >= 0.6 is 0 Å². The zero-order valence-electron chi connectivity index (χ0n) is 14.4. The molecule has 0 aromatic heterocycles. The normalized spacial score (nSPS) is 22.1. The minimum absolute atomic E-state index is 0.664. The van der Waals surface area contributed by atoms with Gasteiger partial charge in [-0.05, 0) is 49.3 Å². The second-order valence-electron chi connectivity index (χ2n) is 6.74. The largest absolute Gasteiger partial charge is 0.490 e. The lowest BCUT2D eigenvalue weighted by Crippen LogP contribution is -2.15. The second-order valence-corrected chi connectivity index (χ2v) is 6.74. The van der Waals surface area contributed by atoms with Crippen LogP contribution in [-0.4, -0.2) is 6.61 Å². The van der Waals surface area contributed by atoms with Crippen molar-refractivity contribution in [3.63, 3.8) is 0 Å². The maximum atomic E-state index is 5.64. The fraction of sp³-hybridized carbons (Fsp3) is 0.619. The fourth-order valence-corrected chi connectivity index (χ4v) is 3.58. The first-order valence-electron chi connectivity index (χ1n) is 9.14. The van der Waals surface area contributed by atoms with Crippen LogP contribution < -0.4 is 4.74 Å². The van der Waals surface area contributed by atoms with E-state index in [2.05, 4.69) is 31.2 Å². The Labute approximate surface area is 136 Å². The van der Waals surface area contributed by atoms with Crippen LogP contribution in [0.4, 0.5) is 0 Å². The summed E-state index contributed by atoms with van der Waals surface area (Å²) in [5.74, 6) is 2.95. The molecule has 122 valence electrons. The van der Waals surface area contributed by atoms with Crippen molar-refractivity contribution in [3.05, 3.63) is 42.0 Å². The molecule has 0 spiro atoms. The molecule has 1 heteroatoms. The summed E-state index contributed by atoms with van der Waals surface area (Å²) >= 11 is 0. The van der Waals surface area contributed by atoms with E-state index in [-0.39, 0.29) is 0 Å². The summed E-state index contributed by atoms with van der Waals surface area (Å²) in [5, 5.41) is 0. The van der Waals surface area contributed by atoms with Crippen molar-refractivity contribution in [2.45, 2.75) is 65.2 Å². The highest BCUT2D eigenvalue weighted by atomic mass is 16.5. The van der Waals surface area contributed by atoms with E-state index in [0.29, 0.717) is 6.61 Å². The number of hydrogen-bond donors (Lipinski definition) is 0. The predicted molar refractivity (Wildman–Crippen MR) is 95.4 cm³/mol. The summed E-state index contributed by atoms with van der Waals surface area (Å²) in [6, 6.07) is 8.68. The smallest absolute Gasteiger partial charge is 0.119 e. The Morgan fingerprint density at radius 2 is 1.64 bits per heavy atom. The summed E-state index contributed by atoms with van der Waals surface area (Å²) in [6.45, 7) is 5.00. The van der Waals surface area contributed by atoms with Gasteiger partial charge in [0.05, 0.1) is 0 Å². The highest BCUT2D eigenvalue weighted by Gasteiger charge is 2.20. The van der Waals surface area contributed by atoms with Crippen LogP contribution in [0, 0.1) is 11.8 Å². The van der Waals surface area contributed by atoms with Crippen LogP contribution in [-0.2, 0) is 6.42 Å². The molecule has 0 bridgehead atoms. The fourth-order valence-electron chi connectivity index (χ4n) is 3.58. The first-order chi connectivity index (χ1) is 10.8. The van der Waals surface area contributed by atoms with E-state index in [9.17, 15) is 0 Å². The van der Waals surface area contributed by atoms with Gasteiger partial charge in [-0.25, -0.2) is 0 Å². The molecule has 0 saturated heterocycles. The monoisotopic (exact) mass is 300 g/mol. The second kappa shape index (κ2) is 9.71. The summed E-state index contributed by atoms with van der Waals surface area (Å²) in [6.07, 6.45) is 15.3. The Morgan fingerprint density at radius 1 is 1.00 bits per heavy atom. The molecule has 0 atom stereocenters. The van der Waals surface area contributed by atoms with Gasteiger partial charge in [-0.1, -0.05) is 69.7 Å². The first-order valence-corrected chi connectivity index (χ1v) is 9.14. The van der Waals surface area contributed by atoms with Crippen LogP contribution in [0.1, 0.15) is 64.4 Å². The van der Waals surface area contributed by atoms with Gasteiger partial charge in [0, 0.05) is 0 Å². The van der Waals surface area contributed by atoms with Gasteiger partial charge in [0.15, 0.2) is 0 Å². The standard InChI is InChI=1S/C21H32O/c1-3-5-17-22-21-15-13-20(14-16-21)12-11-19-9-7-18(6-4-2)8-10-19/h3,5,13-16,18-19H,4,6-12,17H2,1-2H3/b5-3+. The summed E-state index contributed by atoms with van der Waals surface area (Å²) in [7, 11) is 0. The lowest BCUT2D eigenvalue weighted by atomic mass is 9.78. The van der Waals surface area contributed by atoms with Crippen LogP contribution in [0.3, 0.4) is 0 Å². The van der Waals surface area contributed by atoms with Crippen molar-refractivity contribution in [2.24, 2.45) is 11.8 Å². The predicted octanol–water partition coefficient (Wildman–Crippen LogP) is 6.18. The third-order valence-electron chi connectivity index (χ3n) is 5.01. The SMILES string of the molecule is C/C=C/COc1ccc(CCC2CCC(CCC)CC2)cc1. The topological polar surface area (TPSA) is 9.23 Å².